The smallest absolute Gasteiger partial charge is 0.122 e. The van der Waals surface area contributed by atoms with Crippen molar-refractivity contribution in [1.29, 1.82) is 0 Å². The lowest BCUT2D eigenvalue weighted by Crippen LogP contribution is -2.40. The third-order valence-corrected chi connectivity index (χ3v) is 2.71. The van der Waals surface area contributed by atoms with Crippen LogP contribution in [0.1, 0.15) is 12.8 Å². The maximum atomic E-state index is 13.5. The predicted octanol–water partition coefficient (Wildman–Crippen LogP) is 1.44. The van der Waals surface area contributed by atoms with Crippen LogP contribution >= 0.6 is 11.8 Å². The highest BCUT2D eigenvalue weighted by Gasteiger charge is 2.30. The second-order valence-electron chi connectivity index (χ2n) is 2.83. The Bertz CT molecular complexity index is 96.3. The Hall–Kier alpha value is 0.240. The largest absolute Gasteiger partial charge is 0.316 e. The summed E-state index contributed by atoms with van der Waals surface area (Å²) in [4.78, 5) is 0. The topological polar surface area (TPSA) is 12.0 Å². The van der Waals surface area contributed by atoms with E-state index in [4.69, 9.17) is 0 Å². The van der Waals surface area contributed by atoms with Gasteiger partial charge in [0.15, 0.2) is 0 Å². The fourth-order valence-electron chi connectivity index (χ4n) is 1.28. The zero-order valence-electron chi connectivity index (χ0n) is 6.32. The van der Waals surface area contributed by atoms with Crippen LogP contribution in [0.2, 0.25) is 0 Å². The molecular weight excluding hydrogens is 149 g/mol. The molecule has 0 bridgehead atoms. The first kappa shape index (κ1) is 8.34. The van der Waals surface area contributed by atoms with Gasteiger partial charge in [-0.15, -0.1) is 0 Å². The molecule has 1 aliphatic rings. The zero-order chi connectivity index (χ0) is 7.45. The summed E-state index contributed by atoms with van der Waals surface area (Å²) in [5.74, 6) is 0.661. The fourth-order valence-corrected chi connectivity index (χ4v) is 2.08. The minimum Gasteiger partial charge on any atom is -0.316 e. The van der Waals surface area contributed by atoms with Gasteiger partial charge in [0.1, 0.15) is 5.67 Å². The molecule has 1 N–H and O–H groups in total. The second kappa shape index (κ2) is 3.58. The molecule has 0 aromatic carbocycles. The minimum absolute atomic E-state index is 0.661. The van der Waals surface area contributed by atoms with Crippen molar-refractivity contribution >= 4 is 11.8 Å². The highest BCUT2D eigenvalue weighted by Crippen LogP contribution is 2.26. The van der Waals surface area contributed by atoms with Crippen molar-refractivity contribution in [2.45, 2.75) is 18.5 Å². The summed E-state index contributed by atoms with van der Waals surface area (Å²) in [6.07, 6.45) is 3.34. The Labute approximate surface area is 65.8 Å². The first-order chi connectivity index (χ1) is 4.77. The van der Waals surface area contributed by atoms with Crippen molar-refractivity contribution in [3.63, 3.8) is 0 Å². The van der Waals surface area contributed by atoms with Gasteiger partial charge in [-0.3, -0.25) is 0 Å². The Kier molecular flexibility index (Phi) is 2.98. The van der Waals surface area contributed by atoms with E-state index < -0.39 is 5.67 Å². The van der Waals surface area contributed by atoms with E-state index in [0.29, 0.717) is 18.6 Å². The van der Waals surface area contributed by atoms with Crippen LogP contribution in [-0.4, -0.2) is 30.8 Å². The normalized spacial score (nSPS) is 24.6. The van der Waals surface area contributed by atoms with Gasteiger partial charge < -0.3 is 5.32 Å². The first-order valence-electron chi connectivity index (χ1n) is 3.65. The van der Waals surface area contributed by atoms with Crippen molar-refractivity contribution in [1.82, 2.24) is 5.32 Å². The van der Waals surface area contributed by atoms with Gasteiger partial charge in [-0.1, -0.05) is 0 Å². The Morgan fingerprint density at radius 3 is 2.60 bits per heavy atom. The Morgan fingerprint density at radius 1 is 1.50 bits per heavy atom. The molecule has 1 nitrogen and oxygen atoms in total. The number of thioether (sulfide) groups is 1. The van der Waals surface area contributed by atoms with E-state index in [1.165, 1.54) is 0 Å². The quantitative estimate of drug-likeness (QED) is 0.661. The van der Waals surface area contributed by atoms with Crippen molar-refractivity contribution in [3.8, 4) is 0 Å². The average Bonchev–Trinajstić information content (AvgIpc) is 1.89. The highest BCUT2D eigenvalue weighted by molar-refractivity contribution is 7.98. The van der Waals surface area contributed by atoms with Crippen LogP contribution in [0, 0.1) is 0 Å². The summed E-state index contributed by atoms with van der Waals surface area (Å²) in [5, 5.41) is 3.15. The predicted molar refractivity (Wildman–Crippen MR) is 44.3 cm³/mol. The lowest BCUT2D eigenvalue weighted by Gasteiger charge is -2.29. The monoisotopic (exact) mass is 163 g/mol. The molecule has 0 radical (unpaired) electrons. The maximum Gasteiger partial charge on any atom is 0.122 e. The maximum absolute atomic E-state index is 13.5. The van der Waals surface area contributed by atoms with Crippen LogP contribution < -0.4 is 5.32 Å². The van der Waals surface area contributed by atoms with Gasteiger partial charge in [0.2, 0.25) is 0 Å². The number of alkyl halides is 1. The standard InChI is InChI=1S/C7H14FNS/c1-10-6-7(8)2-4-9-5-3-7/h9H,2-6H2,1H3. The fraction of sp³-hybridized carbons (Fsp3) is 1.00. The van der Waals surface area contributed by atoms with Gasteiger partial charge in [-0.2, -0.15) is 11.8 Å². The third kappa shape index (κ3) is 2.13. The molecule has 1 rings (SSSR count). The summed E-state index contributed by atoms with van der Waals surface area (Å²) in [6, 6.07) is 0. The van der Waals surface area contributed by atoms with E-state index in [9.17, 15) is 4.39 Å². The number of nitrogens with one attached hydrogen (secondary N) is 1. The molecule has 0 aromatic rings. The van der Waals surface area contributed by atoms with Crippen LogP contribution in [0.5, 0.6) is 0 Å². The van der Waals surface area contributed by atoms with E-state index in [0.717, 1.165) is 13.1 Å². The van der Waals surface area contributed by atoms with Crippen molar-refractivity contribution < 1.29 is 4.39 Å². The zero-order valence-corrected chi connectivity index (χ0v) is 7.14. The molecule has 1 saturated heterocycles. The molecule has 0 aromatic heterocycles. The highest BCUT2D eigenvalue weighted by atomic mass is 32.2. The second-order valence-corrected chi connectivity index (χ2v) is 3.70. The van der Waals surface area contributed by atoms with Gasteiger partial charge in [-0.05, 0) is 32.2 Å². The molecule has 0 spiro atoms. The lowest BCUT2D eigenvalue weighted by atomic mass is 9.97. The molecule has 0 aliphatic carbocycles. The summed E-state index contributed by atoms with van der Waals surface area (Å²) in [6.45, 7) is 1.69. The molecule has 0 saturated carbocycles. The molecule has 10 heavy (non-hydrogen) atoms. The average molecular weight is 163 g/mol. The third-order valence-electron chi connectivity index (χ3n) is 1.90. The summed E-state index contributed by atoms with van der Waals surface area (Å²) < 4.78 is 13.5. The van der Waals surface area contributed by atoms with Crippen LogP contribution in [-0.2, 0) is 0 Å². The molecule has 1 fully saturated rings. The van der Waals surface area contributed by atoms with E-state index in [1.807, 2.05) is 6.26 Å². The van der Waals surface area contributed by atoms with Crippen LogP contribution in [0.4, 0.5) is 4.39 Å². The lowest BCUT2D eigenvalue weighted by molar-refractivity contribution is 0.144. The van der Waals surface area contributed by atoms with Crippen LogP contribution in [0.15, 0.2) is 0 Å². The summed E-state index contributed by atoms with van der Waals surface area (Å²) in [5.41, 5.74) is -0.870. The first-order valence-corrected chi connectivity index (χ1v) is 5.05. The van der Waals surface area contributed by atoms with E-state index >= 15 is 0 Å². The van der Waals surface area contributed by atoms with Gasteiger partial charge in [0, 0.05) is 5.75 Å². The number of halogens is 1. The SMILES string of the molecule is CSCC1(F)CCNCC1. The molecule has 0 atom stereocenters. The molecule has 3 heteroatoms. The Balaban J connectivity index is 2.32. The molecular formula is C7H14FNS. The minimum atomic E-state index is -0.870. The van der Waals surface area contributed by atoms with Gasteiger partial charge >= 0.3 is 0 Å². The van der Waals surface area contributed by atoms with Gasteiger partial charge in [0.05, 0.1) is 0 Å². The molecule has 1 aliphatic heterocycles. The van der Waals surface area contributed by atoms with Gasteiger partial charge in [0.25, 0.3) is 0 Å². The summed E-state index contributed by atoms with van der Waals surface area (Å²) >= 11 is 1.60. The number of piperidine rings is 1. The van der Waals surface area contributed by atoms with E-state index in [1.54, 1.807) is 11.8 Å². The molecule has 0 amide bonds. The number of hydrogen-bond donors (Lipinski definition) is 1. The van der Waals surface area contributed by atoms with Crippen molar-refractivity contribution in [2.75, 3.05) is 25.1 Å². The van der Waals surface area contributed by atoms with Crippen LogP contribution in [0.25, 0.3) is 0 Å². The van der Waals surface area contributed by atoms with Gasteiger partial charge in [-0.25, -0.2) is 4.39 Å². The molecule has 1 heterocycles. The number of rotatable bonds is 2. The Morgan fingerprint density at radius 2 is 2.10 bits per heavy atom. The summed E-state index contributed by atoms with van der Waals surface area (Å²) in [7, 11) is 0. The van der Waals surface area contributed by atoms with Crippen LogP contribution in [0.3, 0.4) is 0 Å². The van der Waals surface area contributed by atoms with Crippen molar-refractivity contribution in [2.24, 2.45) is 0 Å². The van der Waals surface area contributed by atoms with E-state index in [-0.39, 0.29) is 0 Å². The molecule has 60 valence electrons. The number of hydrogen-bond acceptors (Lipinski definition) is 2. The van der Waals surface area contributed by atoms with Crippen molar-refractivity contribution in [3.05, 3.63) is 0 Å². The molecule has 0 unspecified atom stereocenters. The van der Waals surface area contributed by atoms with E-state index in [2.05, 4.69) is 5.32 Å².